The Kier molecular flexibility index (Phi) is 13.3. The Morgan fingerprint density at radius 1 is 0.177 bits per heavy atom. The van der Waals surface area contributed by atoms with Crippen LogP contribution in [0, 0.1) is 0 Å². The molecule has 24 aromatic rings. The number of hydrogen-bond acceptors (Lipinski definition) is 12. The zero-order valence-corrected chi connectivity index (χ0v) is 66.5. The number of nitrogens with zero attached hydrogens (tertiary/aromatic N) is 16. The van der Waals surface area contributed by atoms with E-state index in [4.69, 9.17) is 44.9 Å². The molecule has 0 radical (unpaired) electrons. The van der Waals surface area contributed by atoms with E-state index in [9.17, 15) is 0 Å². The van der Waals surface area contributed by atoms with Crippen LogP contribution in [-0.2, 0) is 51.4 Å². The van der Waals surface area contributed by atoms with Crippen LogP contribution in [0.25, 0.3) is 200 Å². The summed E-state index contributed by atoms with van der Waals surface area (Å²) in [4.78, 5) is 58.3. The molecule has 0 fully saturated rings. The third-order valence-corrected chi connectivity index (χ3v) is 27.8. The molecule has 0 saturated heterocycles. The summed E-state index contributed by atoms with van der Waals surface area (Å²) in [5.41, 5.74) is 51.6. The van der Waals surface area contributed by atoms with E-state index in [1.54, 1.807) is 0 Å². The SMILES string of the molecule is c1ccc2c(c1)Cc1ccc3c(c1-2)-c1nc2c4cccnc4c4cccnc4n2c1C3.c1ccc2c(c1)Cc1ccc3c(c1-2)-c1nc2c4ccncc4c4cccnc4n2c1C3.c1ccc2c(c1)Cc1ccc3c(c1-2)-c1nc2c4cnccc4c4cccnc4n2c1C3.c1ccc2c(c1)Cc1ccc3c(c1-2)-c1nc2c4ncccc4c4cccnc4n2c1C3. The summed E-state index contributed by atoms with van der Waals surface area (Å²) >= 11 is 0. The Bertz CT molecular complexity index is 8010. The second kappa shape index (κ2) is 24.7. The van der Waals surface area contributed by atoms with Crippen LogP contribution in [0.1, 0.15) is 89.5 Å². The third-order valence-electron chi connectivity index (χ3n) is 27.8. The lowest BCUT2D eigenvalue weighted by molar-refractivity contribution is 1.07. The summed E-state index contributed by atoms with van der Waals surface area (Å²) in [7, 11) is 0. The van der Waals surface area contributed by atoms with Crippen molar-refractivity contribution >= 4 is 110 Å². The van der Waals surface area contributed by atoms with Crippen molar-refractivity contribution in [2.45, 2.75) is 51.4 Å². The number of hydrogen-bond donors (Lipinski definition) is 0. The number of aromatic nitrogens is 16. The minimum Gasteiger partial charge on any atom is -0.279 e. The Morgan fingerprint density at radius 2 is 0.460 bits per heavy atom. The molecule has 0 amide bonds. The normalized spacial score (nSPS) is 13.5. The van der Waals surface area contributed by atoms with E-state index < -0.39 is 0 Å². The van der Waals surface area contributed by atoms with Crippen molar-refractivity contribution in [3.63, 3.8) is 0 Å². The smallest absolute Gasteiger partial charge is 0.166 e. The molecule has 8 aliphatic rings. The van der Waals surface area contributed by atoms with Gasteiger partial charge in [-0.1, -0.05) is 152 Å². The lowest BCUT2D eigenvalue weighted by Crippen LogP contribution is -1.98. The molecule has 0 atom stereocenters. The van der Waals surface area contributed by atoms with Gasteiger partial charge in [0.2, 0.25) is 0 Å². The van der Waals surface area contributed by atoms with Gasteiger partial charge in [0.15, 0.2) is 5.65 Å². The molecule has 124 heavy (non-hydrogen) atoms. The van der Waals surface area contributed by atoms with Crippen molar-refractivity contribution in [1.29, 1.82) is 0 Å². The molecule has 0 spiro atoms. The predicted molar refractivity (Wildman–Crippen MR) is 489 cm³/mol. The third kappa shape index (κ3) is 8.98. The van der Waals surface area contributed by atoms with Crippen LogP contribution in [0.15, 0.2) is 292 Å². The van der Waals surface area contributed by atoms with E-state index in [0.29, 0.717) is 0 Å². The zero-order chi connectivity index (χ0) is 80.4. The maximum Gasteiger partial charge on any atom is 0.166 e. The standard InChI is InChI=1S/4C27H16N4/c1-2-6-18-15(5-1)13-16-9-10-17-14-21-25(23(17)22(16)18)30-27-20-8-3-11-28-24(20)19-7-4-12-29-26(19)31(21)27;1-2-6-18-15(5-1)13-16-9-10-17-14-21-25(23(17)22(16)18)30-27-24-19(7-3-11-28-24)20-8-4-12-29-26(20)31(21)27;1-2-5-18-15(4-1)12-16-7-8-17-13-22-25(24(17)23(16)18)30-27-21-14-28-11-9-19(21)20-6-3-10-29-26(20)31(22)27;1-2-5-18-15(4-1)12-16-7-8-17-13-22-25(24(17)23(16)18)30-27-20-9-11-28-14-21(20)19-6-3-10-29-26(19)31(22)27/h2*1-12H,13-14H2;2*1-11,14H,12-13H2. The van der Waals surface area contributed by atoms with E-state index >= 15 is 0 Å². The average molecular weight is 1590 g/mol. The number of fused-ring (bicyclic) bond motifs is 56. The first-order valence-electron chi connectivity index (χ1n) is 42.6. The van der Waals surface area contributed by atoms with Gasteiger partial charge in [-0.05, 0) is 221 Å². The highest BCUT2D eigenvalue weighted by molar-refractivity contribution is 6.15. The lowest BCUT2D eigenvalue weighted by atomic mass is 9.96. The average Bonchev–Trinajstić information content (AvgIpc) is 1.55. The summed E-state index contributed by atoms with van der Waals surface area (Å²) in [6.45, 7) is 0. The molecule has 0 aliphatic heterocycles. The van der Waals surface area contributed by atoms with E-state index in [1.807, 2.05) is 98.4 Å². The van der Waals surface area contributed by atoms with Crippen LogP contribution in [-0.4, -0.2) is 77.4 Å². The van der Waals surface area contributed by atoms with Gasteiger partial charge in [0, 0.05) is 158 Å². The highest BCUT2D eigenvalue weighted by atomic mass is 15.1. The fourth-order valence-electron chi connectivity index (χ4n) is 22.7. The highest BCUT2D eigenvalue weighted by Crippen LogP contribution is 2.56. The van der Waals surface area contributed by atoms with E-state index in [2.05, 4.69) is 227 Å². The van der Waals surface area contributed by atoms with Crippen molar-refractivity contribution in [3.05, 3.63) is 382 Å². The number of rotatable bonds is 0. The van der Waals surface area contributed by atoms with Crippen molar-refractivity contribution in [2.24, 2.45) is 0 Å². The van der Waals surface area contributed by atoms with Crippen molar-refractivity contribution in [2.75, 3.05) is 0 Å². The second-order valence-electron chi connectivity index (χ2n) is 34.0. The van der Waals surface area contributed by atoms with Crippen LogP contribution in [0.5, 0.6) is 0 Å². The second-order valence-corrected chi connectivity index (χ2v) is 34.0. The van der Waals surface area contributed by atoms with Gasteiger partial charge in [0.1, 0.15) is 45.0 Å². The number of pyridine rings is 12. The Labute approximate surface area is 706 Å². The molecule has 32 rings (SSSR count). The van der Waals surface area contributed by atoms with E-state index in [0.717, 1.165) is 184 Å². The van der Waals surface area contributed by atoms with Crippen LogP contribution in [0.3, 0.4) is 0 Å². The van der Waals surface area contributed by atoms with Gasteiger partial charge < -0.3 is 0 Å². The van der Waals surface area contributed by atoms with Crippen LogP contribution in [0.2, 0.25) is 0 Å². The molecule has 0 saturated carbocycles. The predicted octanol–water partition coefficient (Wildman–Crippen LogP) is 22.3. The first-order chi connectivity index (χ1) is 61.5. The Balaban J connectivity index is 0.0000000828. The monoisotopic (exact) mass is 1580 g/mol. The quantitative estimate of drug-likeness (QED) is 0.132. The van der Waals surface area contributed by atoms with Crippen molar-refractivity contribution < 1.29 is 0 Å². The molecule has 16 heterocycles. The zero-order valence-electron chi connectivity index (χ0n) is 66.5. The number of imidazole rings is 4. The topological polar surface area (TPSA) is 172 Å². The van der Waals surface area contributed by atoms with Gasteiger partial charge in [-0.15, -0.1) is 0 Å². The fraction of sp³-hybridized carbons (Fsp3) is 0.0741. The van der Waals surface area contributed by atoms with E-state index in [-0.39, 0.29) is 0 Å². The maximum atomic E-state index is 5.26. The molecule has 8 aliphatic carbocycles. The largest absolute Gasteiger partial charge is 0.279 e. The molecule has 0 bridgehead atoms. The summed E-state index contributed by atoms with van der Waals surface area (Å²) in [5, 5.41) is 11.1. The first kappa shape index (κ1) is 66.7. The van der Waals surface area contributed by atoms with Crippen LogP contribution >= 0.6 is 0 Å². The van der Waals surface area contributed by atoms with Gasteiger partial charge in [0.05, 0.1) is 51.1 Å². The van der Waals surface area contributed by atoms with Gasteiger partial charge in [-0.2, -0.15) is 0 Å². The molecule has 576 valence electrons. The summed E-state index contributed by atoms with van der Waals surface area (Å²) in [6, 6.07) is 82.4. The molecule has 16 aromatic heterocycles. The Morgan fingerprint density at radius 3 is 0.879 bits per heavy atom. The molecule has 0 unspecified atom stereocenters. The van der Waals surface area contributed by atoms with Gasteiger partial charge in [-0.25, -0.2) is 39.9 Å². The van der Waals surface area contributed by atoms with Crippen LogP contribution < -0.4 is 0 Å². The summed E-state index contributed by atoms with van der Waals surface area (Å²) in [5.74, 6) is 0. The lowest BCUT2D eigenvalue weighted by Gasteiger charge is -2.10. The van der Waals surface area contributed by atoms with Crippen molar-refractivity contribution in [1.82, 2.24) is 77.4 Å². The number of benzene rings is 8. The molecule has 8 aromatic carbocycles. The minimum atomic E-state index is 0.866. The van der Waals surface area contributed by atoms with Gasteiger partial charge in [0.25, 0.3) is 0 Å². The summed E-state index contributed by atoms with van der Waals surface area (Å²) in [6.07, 6.45) is 26.2. The molecular weight excluding hydrogens is 1520 g/mol. The molecule has 0 N–H and O–H groups in total. The highest BCUT2D eigenvalue weighted by Gasteiger charge is 2.39. The fourth-order valence-corrected chi connectivity index (χ4v) is 22.7. The minimum absolute atomic E-state index is 0.866. The maximum absolute atomic E-state index is 5.26. The molecular formula is C108H64N16. The van der Waals surface area contributed by atoms with Crippen LogP contribution in [0.4, 0.5) is 0 Å². The molecule has 16 heteroatoms. The van der Waals surface area contributed by atoms with Gasteiger partial charge in [-0.3, -0.25) is 37.5 Å². The first-order valence-corrected chi connectivity index (χ1v) is 42.6. The van der Waals surface area contributed by atoms with E-state index in [1.165, 1.54) is 156 Å². The Hall–Kier alpha value is -16.2. The van der Waals surface area contributed by atoms with Gasteiger partial charge >= 0.3 is 0 Å². The molecule has 16 nitrogen and oxygen atoms in total. The van der Waals surface area contributed by atoms with Crippen molar-refractivity contribution in [3.8, 4) is 89.5 Å². The summed E-state index contributed by atoms with van der Waals surface area (Å²) < 4.78 is 9.05.